The highest BCUT2D eigenvalue weighted by atomic mass is 32.2. The topological polar surface area (TPSA) is 49.3 Å². The fourth-order valence-corrected chi connectivity index (χ4v) is 1.50. The summed E-state index contributed by atoms with van der Waals surface area (Å²) in [5, 5.41) is 12.7. The fraction of sp³-hybridized carbons (Fsp3) is 0.417. The Morgan fingerprint density at radius 2 is 2.25 bits per heavy atom. The third kappa shape index (κ3) is 3.45. The van der Waals surface area contributed by atoms with Gasteiger partial charge in [-0.2, -0.15) is 11.8 Å². The lowest BCUT2D eigenvalue weighted by molar-refractivity contribution is 0.0951. The van der Waals surface area contributed by atoms with Gasteiger partial charge in [-0.15, -0.1) is 0 Å². The van der Waals surface area contributed by atoms with Crippen LogP contribution in [0.5, 0.6) is 5.75 Å². The second kappa shape index (κ2) is 5.80. The van der Waals surface area contributed by atoms with E-state index >= 15 is 0 Å². The molecule has 0 spiro atoms. The van der Waals surface area contributed by atoms with Crippen molar-refractivity contribution in [3.05, 3.63) is 29.3 Å². The van der Waals surface area contributed by atoms with Crippen LogP contribution in [-0.4, -0.2) is 29.1 Å². The molecule has 0 radical (unpaired) electrons. The lowest BCUT2D eigenvalue weighted by Gasteiger charge is -2.11. The molecule has 0 aliphatic rings. The van der Waals surface area contributed by atoms with Crippen molar-refractivity contribution in [1.29, 1.82) is 0 Å². The lowest BCUT2D eigenvalue weighted by atomic mass is 10.1. The molecule has 3 nitrogen and oxygen atoms in total. The molecule has 1 amide bonds. The Morgan fingerprint density at radius 3 is 2.88 bits per heavy atom. The van der Waals surface area contributed by atoms with Crippen LogP contribution >= 0.6 is 11.8 Å². The quantitative estimate of drug-likeness (QED) is 0.846. The lowest BCUT2D eigenvalue weighted by Crippen LogP contribution is -2.29. The Bertz CT molecular complexity index is 379. The Labute approximate surface area is 100 Å². The zero-order chi connectivity index (χ0) is 12.1. The first kappa shape index (κ1) is 12.9. The standard InChI is InChI=1S/C12H17NO2S/c1-8-4-5-11(14)10(6-8)12(15)13-7-9(2)16-3/h4-6,9,14H,7H2,1-3H3,(H,13,15). The van der Waals surface area contributed by atoms with Gasteiger partial charge in [0, 0.05) is 11.8 Å². The molecule has 16 heavy (non-hydrogen) atoms. The number of aryl methyl sites for hydroxylation is 1. The van der Waals surface area contributed by atoms with Crippen molar-refractivity contribution in [2.24, 2.45) is 0 Å². The van der Waals surface area contributed by atoms with Crippen molar-refractivity contribution < 1.29 is 9.90 Å². The predicted molar refractivity (Wildman–Crippen MR) is 68.2 cm³/mol. The number of hydrogen-bond donors (Lipinski definition) is 2. The maximum absolute atomic E-state index is 11.8. The molecule has 0 bridgehead atoms. The molecule has 0 saturated heterocycles. The highest BCUT2D eigenvalue weighted by Crippen LogP contribution is 2.18. The summed E-state index contributed by atoms with van der Waals surface area (Å²) >= 11 is 1.69. The van der Waals surface area contributed by atoms with E-state index in [2.05, 4.69) is 5.32 Å². The number of rotatable bonds is 4. The van der Waals surface area contributed by atoms with Crippen molar-refractivity contribution >= 4 is 17.7 Å². The van der Waals surface area contributed by atoms with Gasteiger partial charge >= 0.3 is 0 Å². The summed E-state index contributed by atoms with van der Waals surface area (Å²) in [7, 11) is 0. The average Bonchev–Trinajstić information content (AvgIpc) is 2.28. The van der Waals surface area contributed by atoms with E-state index in [0.717, 1.165) is 5.56 Å². The summed E-state index contributed by atoms with van der Waals surface area (Å²) in [6, 6.07) is 5.01. The molecule has 2 N–H and O–H groups in total. The molecule has 0 aliphatic carbocycles. The second-order valence-corrected chi connectivity index (χ2v) is 5.05. The van der Waals surface area contributed by atoms with Gasteiger partial charge < -0.3 is 10.4 Å². The number of phenolic OH excluding ortho intramolecular Hbond substituents is 1. The number of thioether (sulfide) groups is 1. The minimum atomic E-state index is -0.220. The molecule has 1 aromatic carbocycles. The summed E-state index contributed by atoms with van der Waals surface area (Å²) in [4.78, 5) is 11.8. The summed E-state index contributed by atoms with van der Waals surface area (Å²) in [5.74, 6) is -0.193. The highest BCUT2D eigenvalue weighted by molar-refractivity contribution is 7.99. The van der Waals surface area contributed by atoms with Crippen LogP contribution in [0.2, 0.25) is 0 Å². The van der Waals surface area contributed by atoms with Crippen LogP contribution in [-0.2, 0) is 0 Å². The first-order chi connectivity index (χ1) is 7.54. The fourth-order valence-electron chi connectivity index (χ4n) is 1.25. The predicted octanol–water partition coefficient (Wildman–Crippen LogP) is 2.18. The van der Waals surface area contributed by atoms with E-state index in [1.54, 1.807) is 30.0 Å². The molecule has 1 rings (SSSR count). The molecular formula is C12H17NO2S. The highest BCUT2D eigenvalue weighted by Gasteiger charge is 2.11. The van der Waals surface area contributed by atoms with E-state index < -0.39 is 0 Å². The van der Waals surface area contributed by atoms with Crippen LogP contribution in [0.25, 0.3) is 0 Å². The number of hydrogen-bond acceptors (Lipinski definition) is 3. The molecule has 1 aromatic rings. The summed E-state index contributed by atoms with van der Waals surface area (Å²) in [6.07, 6.45) is 2.00. The molecule has 4 heteroatoms. The molecular weight excluding hydrogens is 222 g/mol. The SMILES string of the molecule is CSC(C)CNC(=O)c1cc(C)ccc1O. The average molecular weight is 239 g/mol. The third-order valence-electron chi connectivity index (χ3n) is 2.35. The van der Waals surface area contributed by atoms with Crippen molar-refractivity contribution in [3.63, 3.8) is 0 Å². The van der Waals surface area contributed by atoms with Crippen LogP contribution < -0.4 is 5.32 Å². The number of carbonyl (C=O) groups excluding carboxylic acids is 1. The van der Waals surface area contributed by atoms with Gasteiger partial charge in [0.25, 0.3) is 5.91 Å². The van der Waals surface area contributed by atoms with E-state index in [9.17, 15) is 9.90 Å². The number of nitrogens with one attached hydrogen (secondary N) is 1. The van der Waals surface area contributed by atoms with Crippen LogP contribution in [0.4, 0.5) is 0 Å². The second-order valence-electron chi connectivity index (χ2n) is 3.78. The van der Waals surface area contributed by atoms with E-state index in [1.165, 1.54) is 0 Å². The smallest absolute Gasteiger partial charge is 0.255 e. The number of phenols is 1. The van der Waals surface area contributed by atoms with Gasteiger partial charge in [0.05, 0.1) is 5.56 Å². The van der Waals surface area contributed by atoms with Crippen LogP contribution in [0.1, 0.15) is 22.8 Å². The Morgan fingerprint density at radius 1 is 1.56 bits per heavy atom. The Balaban J connectivity index is 2.69. The maximum atomic E-state index is 11.8. The zero-order valence-corrected chi connectivity index (χ0v) is 10.6. The monoisotopic (exact) mass is 239 g/mol. The van der Waals surface area contributed by atoms with Gasteiger partial charge in [-0.25, -0.2) is 0 Å². The molecule has 0 aromatic heterocycles. The number of amides is 1. The van der Waals surface area contributed by atoms with Gasteiger partial charge in [-0.05, 0) is 25.3 Å². The summed E-state index contributed by atoms with van der Waals surface area (Å²) in [6.45, 7) is 4.54. The van der Waals surface area contributed by atoms with E-state index in [4.69, 9.17) is 0 Å². The molecule has 0 saturated carbocycles. The zero-order valence-electron chi connectivity index (χ0n) is 9.78. The van der Waals surface area contributed by atoms with E-state index in [1.807, 2.05) is 20.1 Å². The minimum absolute atomic E-state index is 0.0277. The van der Waals surface area contributed by atoms with Crippen LogP contribution in [0, 0.1) is 6.92 Å². The van der Waals surface area contributed by atoms with Crippen LogP contribution in [0.3, 0.4) is 0 Å². The Kier molecular flexibility index (Phi) is 4.68. The molecule has 0 aliphatic heterocycles. The van der Waals surface area contributed by atoms with Crippen molar-refractivity contribution in [3.8, 4) is 5.75 Å². The summed E-state index contributed by atoms with van der Waals surface area (Å²) < 4.78 is 0. The first-order valence-electron chi connectivity index (χ1n) is 5.15. The largest absolute Gasteiger partial charge is 0.507 e. The van der Waals surface area contributed by atoms with Gasteiger partial charge in [-0.3, -0.25) is 4.79 Å². The number of carbonyl (C=O) groups is 1. The molecule has 1 unspecified atom stereocenters. The van der Waals surface area contributed by atoms with Gasteiger partial charge in [-0.1, -0.05) is 18.6 Å². The van der Waals surface area contributed by atoms with Crippen molar-refractivity contribution in [2.75, 3.05) is 12.8 Å². The molecule has 1 atom stereocenters. The van der Waals surface area contributed by atoms with Crippen molar-refractivity contribution in [1.82, 2.24) is 5.32 Å². The normalized spacial score (nSPS) is 12.2. The van der Waals surface area contributed by atoms with Crippen LogP contribution in [0.15, 0.2) is 18.2 Å². The van der Waals surface area contributed by atoms with Crippen molar-refractivity contribution in [2.45, 2.75) is 19.1 Å². The first-order valence-corrected chi connectivity index (χ1v) is 6.44. The van der Waals surface area contributed by atoms with Gasteiger partial charge in [0.2, 0.25) is 0 Å². The molecule has 0 fully saturated rings. The molecule has 0 heterocycles. The molecule has 88 valence electrons. The minimum Gasteiger partial charge on any atom is -0.507 e. The van der Waals surface area contributed by atoms with Gasteiger partial charge in [0.15, 0.2) is 0 Å². The van der Waals surface area contributed by atoms with Gasteiger partial charge in [0.1, 0.15) is 5.75 Å². The third-order valence-corrected chi connectivity index (χ3v) is 3.32. The summed E-state index contributed by atoms with van der Waals surface area (Å²) in [5.41, 5.74) is 1.30. The van der Waals surface area contributed by atoms with E-state index in [-0.39, 0.29) is 11.7 Å². The number of benzene rings is 1. The maximum Gasteiger partial charge on any atom is 0.255 e. The Hall–Kier alpha value is -1.16. The van der Waals surface area contributed by atoms with E-state index in [0.29, 0.717) is 17.4 Å². The number of aromatic hydroxyl groups is 1.